The van der Waals surface area contributed by atoms with Crippen LogP contribution in [0.4, 0.5) is 0 Å². The Balaban J connectivity index is 2.35. The lowest BCUT2D eigenvalue weighted by Gasteiger charge is -2.03. The van der Waals surface area contributed by atoms with Crippen LogP contribution in [0.25, 0.3) is 0 Å². The predicted molar refractivity (Wildman–Crippen MR) is 53.7 cm³/mol. The molecule has 0 amide bonds. The van der Waals surface area contributed by atoms with Crippen LogP contribution in [-0.4, -0.2) is 35.7 Å². The molecule has 0 aliphatic rings. The first-order valence-corrected chi connectivity index (χ1v) is 4.89. The van der Waals surface area contributed by atoms with Crippen LogP contribution in [-0.2, 0) is 13.1 Å². The zero-order chi connectivity index (χ0) is 10.4. The molecule has 0 aliphatic carbocycles. The van der Waals surface area contributed by atoms with Gasteiger partial charge in [0.15, 0.2) is 5.82 Å². The highest BCUT2D eigenvalue weighted by Gasteiger charge is 2.05. The number of hydrogen-bond acceptors (Lipinski definition) is 5. The molecule has 0 bridgehead atoms. The second-order valence-corrected chi connectivity index (χ2v) is 3.52. The fourth-order valence-corrected chi connectivity index (χ4v) is 1.08. The molecule has 14 heavy (non-hydrogen) atoms. The van der Waals surface area contributed by atoms with Crippen molar-refractivity contribution in [2.75, 3.05) is 20.6 Å². The van der Waals surface area contributed by atoms with E-state index in [1.165, 1.54) is 0 Å². The molecule has 0 aromatic carbocycles. The van der Waals surface area contributed by atoms with Gasteiger partial charge in [0.1, 0.15) is 0 Å². The van der Waals surface area contributed by atoms with Crippen molar-refractivity contribution in [3.8, 4) is 0 Å². The first-order chi connectivity index (χ1) is 6.72. The van der Waals surface area contributed by atoms with E-state index >= 15 is 0 Å². The van der Waals surface area contributed by atoms with Gasteiger partial charge in [-0.3, -0.25) is 0 Å². The Bertz CT molecular complexity index is 259. The number of nitrogens with zero attached hydrogens (tertiary/aromatic N) is 3. The molecule has 0 unspecified atom stereocenters. The fraction of sp³-hybridized carbons (Fsp3) is 0.778. The van der Waals surface area contributed by atoms with Gasteiger partial charge in [0.2, 0.25) is 5.89 Å². The summed E-state index contributed by atoms with van der Waals surface area (Å²) in [5.74, 6) is 1.40. The van der Waals surface area contributed by atoms with Crippen LogP contribution in [0, 0.1) is 0 Å². The number of hydrogen-bond donors (Lipinski definition) is 1. The zero-order valence-electron chi connectivity index (χ0n) is 9.08. The third kappa shape index (κ3) is 3.85. The molecule has 1 aromatic heterocycles. The minimum absolute atomic E-state index is 0.661. The highest BCUT2D eigenvalue weighted by Crippen LogP contribution is 1.98. The van der Waals surface area contributed by atoms with Gasteiger partial charge in [-0.15, -0.1) is 0 Å². The average molecular weight is 198 g/mol. The Labute approximate surface area is 84.5 Å². The lowest BCUT2D eigenvalue weighted by Crippen LogP contribution is -2.14. The minimum Gasteiger partial charge on any atom is -0.338 e. The van der Waals surface area contributed by atoms with E-state index in [0.29, 0.717) is 12.4 Å². The maximum absolute atomic E-state index is 5.06. The van der Waals surface area contributed by atoms with Gasteiger partial charge in [-0.2, -0.15) is 4.98 Å². The van der Waals surface area contributed by atoms with Gasteiger partial charge in [-0.05, 0) is 27.1 Å². The van der Waals surface area contributed by atoms with Crippen molar-refractivity contribution >= 4 is 0 Å². The van der Waals surface area contributed by atoms with Crippen molar-refractivity contribution in [1.82, 2.24) is 20.4 Å². The van der Waals surface area contributed by atoms with E-state index in [0.717, 1.165) is 25.3 Å². The van der Waals surface area contributed by atoms with Crippen molar-refractivity contribution in [3.63, 3.8) is 0 Å². The Hall–Kier alpha value is -0.940. The highest BCUT2D eigenvalue weighted by atomic mass is 16.5. The van der Waals surface area contributed by atoms with E-state index in [2.05, 4.69) is 22.4 Å². The molecular weight excluding hydrogens is 180 g/mol. The van der Waals surface area contributed by atoms with Gasteiger partial charge in [0.05, 0.1) is 13.1 Å². The van der Waals surface area contributed by atoms with E-state index in [4.69, 9.17) is 4.52 Å². The summed E-state index contributed by atoms with van der Waals surface area (Å²) in [5, 5.41) is 7.08. The second kappa shape index (κ2) is 5.72. The van der Waals surface area contributed by atoms with Gasteiger partial charge in [0, 0.05) is 0 Å². The SMILES string of the molecule is CCCNCc1nc(CN(C)C)no1. The van der Waals surface area contributed by atoms with Crippen LogP contribution < -0.4 is 5.32 Å². The molecule has 5 heteroatoms. The summed E-state index contributed by atoms with van der Waals surface area (Å²) < 4.78 is 5.06. The predicted octanol–water partition coefficient (Wildman–Crippen LogP) is 0.631. The molecule has 1 rings (SSSR count). The Morgan fingerprint density at radius 1 is 1.43 bits per heavy atom. The van der Waals surface area contributed by atoms with Crippen molar-refractivity contribution in [2.45, 2.75) is 26.4 Å². The molecule has 1 aromatic rings. The standard InChI is InChI=1S/C9H18N4O/c1-4-5-10-6-9-11-8(12-14-9)7-13(2)3/h10H,4-7H2,1-3H3. The largest absolute Gasteiger partial charge is 0.338 e. The minimum atomic E-state index is 0.661. The first kappa shape index (κ1) is 11.1. The van der Waals surface area contributed by atoms with Crippen LogP contribution in [0.3, 0.4) is 0 Å². The van der Waals surface area contributed by atoms with Gasteiger partial charge in [-0.1, -0.05) is 12.1 Å². The number of nitrogens with one attached hydrogen (secondary N) is 1. The Morgan fingerprint density at radius 3 is 2.86 bits per heavy atom. The third-order valence-corrected chi connectivity index (χ3v) is 1.67. The van der Waals surface area contributed by atoms with Crippen LogP contribution in [0.1, 0.15) is 25.1 Å². The van der Waals surface area contributed by atoms with Gasteiger partial charge >= 0.3 is 0 Å². The Morgan fingerprint density at radius 2 is 2.21 bits per heavy atom. The summed E-state index contributed by atoms with van der Waals surface area (Å²) in [6.45, 7) is 4.48. The lowest BCUT2D eigenvalue weighted by molar-refractivity contribution is 0.344. The molecule has 80 valence electrons. The summed E-state index contributed by atoms with van der Waals surface area (Å²) in [6, 6.07) is 0. The smallest absolute Gasteiger partial charge is 0.240 e. The molecule has 5 nitrogen and oxygen atoms in total. The maximum atomic E-state index is 5.06. The molecule has 0 atom stereocenters. The molecular formula is C9H18N4O. The molecule has 0 saturated heterocycles. The maximum Gasteiger partial charge on any atom is 0.240 e. The average Bonchev–Trinajstić information content (AvgIpc) is 2.52. The molecule has 0 spiro atoms. The van der Waals surface area contributed by atoms with Gasteiger partial charge < -0.3 is 14.7 Å². The second-order valence-electron chi connectivity index (χ2n) is 3.52. The van der Waals surface area contributed by atoms with E-state index in [-0.39, 0.29) is 0 Å². The van der Waals surface area contributed by atoms with E-state index in [1.54, 1.807) is 0 Å². The molecule has 0 saturated carbocycles. The van der Waals surface area contributed by atoms with Gasteiger partial charge in [-0.25, -0.2) is 0 Å². The first-order valence-electron chi connectivity index (χ1n) is 4.89. The molecule has 0 fully saturated rings. The summed E-state index contributed by atoms with van der Waals surface area (Å²) in [6.07, 6.45) is 1.11. The van der Waals surface area contributed by atoms with Crippen LogP contribution in [0.2, 0.25) is 0 Å². The summed E-state index contributed by atoms with van der Waals surface area (Å²) in [5.41, 5.74) is 0. The topological polar surface area (TPSA) is 54.2 Å². The normalized spacial score (nSPS) is 11.1. The van der Waals surface area contributed by atoms with Crippen molar-refractivity contribution in [1.29, 1.82) is 0 Å². The monoisotopic (exact) mass is 198 g/mol. The van der Waals surface area contributed by atoms with Crippen molar-refractivity contribution in [2.24, 2.45) is 0 Å². The van der Waals surface area contributed by atoms with Crippen LogP contribution >= 0.6 is 0 Å². The summed E-state index contributed by atoms with van der Waals surface area (Å²) >= 11 is 0. The zero-order valence-corrected chi connectivity index (χ0v) is 9.08. The molecule has 1 N–H and O–H groups in total. The third-order valence-electron chi connectivity index (χ3n) is 1.67. The highest BCUT2D eigenvalue weighted by molar-refractivity contribution is 4.85. The van der Waals surface area contributed by atoms with Crippen LogP contribution in [0.5, 0.6) is 0 Å². The van der Waals surface area contributed by atoms with Crippen molar-refractivity contribution < 1.29 is 4.52 Å². The van der Waals surface area contributed by atoms with E-state index < -0.39 is 0 Å². The number of rotatable bonds is 6. The molecule has 0 radical (unpaired) electrons. The molecule has 0 aliphatic heterocycles. The summed E-state index contributed by atoms with van der Waals surface area (Å²) in [7, 11) is 3.96. The fourth-order valence-electron chi connectivity index (χ4n) is 1.08. The summed E-state index contributed by atoms with van der Waals surface area (Å²) in [4.78, 5) is 6.25. The van der Waals surface area contributed by atoms with Crippen molar-refractivity contribution in [3.05, 3.63) is 11.7 Å². The quantitative estimate of drug-likeness (QED) is 0.679. The van der Waals surface area contributed by atoms with E-state index in [9.17, 15) is 0 Å². The lowest BCUT2D eigenvalue weighted by atomic mass is 10.5. The van der Waals surface area contributed by atoms with Gasteiger partial charge in [0.25, 0.3) is 0 Å². The molecule has 1 heterocycles. The number of aromatic nitrogens is 2. The Kier molecular flexibility index (Phi) is 4.55. The van der Waals surface area contributed by atoms with Crippen LogP contribution in [0.15, 0.2) is 4.52 Å². The van der Waals surface area contributed by atoms with E-state index in [1.807, 2.05) is 19.0 Å².